The molecule has 2 aliphatic rings. The van der Waals surface area contributed by atoms with Crippen molar-refractivity contribution >= 4 is 0 Å². The van der Waals surface area contributed by atoms with Crippen LogP contribution in [0.5, 0.6) is 0 Å². The standard InChI is InChI=1S/C18H29N3/c1-4-20-9-10-21(12-14(20)3)17-11-13(2)15-7-5-6-8-16(15)18(17)19/h5-8,13-14,17-18H,4,9-12,19H2,1-3H3. The van der Waals surface area contributed by atoms with E-state index in [4.69, 9.17) is 5.73 Å². The molecule has 3 heteroatoms. The summed E-state index contributed by atoms with van der Waals surface area (Å²) in [6, 6.07) is 10.1. The van der Waals surface area contributed by atoms with Gasteiger partial charge in [0.05, 0.1) is 0 Å². The Kier molecular flexibility index (Phi) is 4.34. The molecule has 2 N–H and O–H groups in total. The zero-order valence-electron chi connectivity index (χ0n) is 13.6. The number of nitrogens with zero attached hydrogens (tertiary/aromatic N) is 2. The number of benzene rings is 1. The second-order valence-electron chi connectivity index (χ2n) is 6.83. The molecule has 1 aromatic rings. The van der Waals surface area contributed by atoms with E-state index in [9.17, 15) is 0 Å². The summed E-state index contributed by atoms with van der Waals surface area (Å²) in [7, 11) is 0. The van der Waals surface area contributed by atoms with Crippen LogP contribution < -0.4 is 5.73 Å². The van der Waals surface area contributed by atoms with Gasteiger partial charge in [0.1, 0.15) is 0 Å². The van der Waals surface area contributed by atoms with Gasteiger partial charge < -0.3 is 5.73 Å². The number of likely N-dealkylation sites (N-methyl/N-ethyl adjacent to an activating group) is 1. The third-order valence-corrected chi connectivity index (χ3v) is 5.57. The van der Waals surface area contributed by atoms with E-state index in [0.717, 1.165) is 19.6 Å². The number of nitrogens with two attached hydrogens (primary N) is 1. The summed E-state index contributed by atoms with van der Waals surface area (Å²) in [6.45, 7) is 11.6. The van der Waals surface area contributed by atoms with Crippen LogP contribution >= 0.6 is 0 Å². The first-order valence-corrected chi connectivity index (χ1v) is 8.44. The SMILES string of the molecule is CCN1CCN(C2CC(C)c3ccccc3C2N)CC1C. The number of hydrogen-bond donors (Lipinski definition) is 1. The Balaban J connectivity index is 1.79. The molecule has 0 bridgehead atoms. The van der Waals surface area contributed by atoms with E-state index < -0.39 is 0 Å². The van der Waals surface area contributed by atoms with E-state index in [0.29, 0.717) is 18.0 Å². The summed E-state index contributed by atoms with van der Waals surface area (Å²) in [5.74, 6) is 0.616. The molecular weight excluding hydrogens is 258 g/mol. The van der Waals surface area contributed by atoms with Crippen LogP contribution in [-0.4, -0.2) is 48.1 Å². The largest absolute Gasteiger partial charge is 0.323 e. The van der Waals surface area contributed by atoms with Gasteiger partial charge in [0, 0.05) is 37.8 Å². The van der Waals surface area contributed by atoms with Gasteiger partial charge in [-0.25, -0.2) is 0 Å². The van der Waals surface area contributed by atoms with Crippen LogP contribution in [0, 0.1) is 0 Å². The Labute approximate surface area is 129 Å². The molecule has 1 aliphatic carbocycles. The van der Waals surface area contributed by atoms with Gasteiger partial charge in [0.25, 0.3) is 0 Å². The molecule has 3 rings (SSSR count). The van der Waals surface area contributed by atoms with Crippen molar-refractivity contribution in [3.05, 3.63) is 35.4 Å². The first-order chi connectivity index (χ1) is 10.1. The number of hydrogen-bond acceptors (Lipinski definition) is 3. The molecule has 0 radical (unpaired) electrons. The minimum atomic E-state index is 0.165. The van der Waals surface area contributed by atoms with Gasteiger partial charge >= 0.3 is 0 Å². The lowest BCUT2D eigenvalue weighted by atomic mass is 9.77. The maximum atomic E-state index is 6.64. The summed E-state index contributed by atoms with van der Waals surface area (Å²) in [4.78, 5) is 5.22. The van der Waals surface area contributed by atoms with Gasteiger partial charge in [-0.3, -0.25) is 9.80 Å². The minimum absolute atomic E-state index is 0.165. The van der Waals surface area contributed by atoms with E-state index >= 15 is 0 Å². The Morgan fingerprint density at radius 3 is 2.52 bits per heavy atom. The molecule has 1 heterocycles. The zero-order chi connectivity index (χ0) is 15.0. The molecule has 0 amide bonds. The van der Waals surface area contributed by atoms with Gasteiger partial charge in [-0.2, -0.15) is 0 Å². The van der Waals surface area contributed by atoms with E-state index in [2.05, 4.69) is 54.8 Å². The van der Waals surface area contributed by atoms with Crippen LogP contribution in [0.2, 0.25) is 0 Å². The molecule has 0 spiro atoms. The van der Waals surface area contributed by atoms with Crippen molar-refractivity contribution in [2.75, 3.05) is 26.2 Å². The summed E-state index contributed by atoms with van der Waals surface area (Å²) < 4.78 is 0. The molecule has 21 heavy (non-hydrogen) atoms. The van der Waals surface area contributed by atoms with Gasteiger partial charge in [0.15, 0.2) is 0 Å². The lowest BCUT2D eigenvalue weighted by molar-refractivity contribution is 0.0422. The molecule has 4 atom stereocenters. The van der Waals surface area contributed by atoms with E-state index in [-0.39, 0.29) is 6.04 Å². The monoisotopic (exact) mass is 287 g/mol. The van der Waals surface area contributed by atoms with Gasteiger partial charge in [-0.15, -0.1) is 0 Å². The maximum Gasteiger partial charge on any atom is 0.0456 e. The summed E-state index contributed by atoms with van der Waals surface area (Å²) in [5.41, 5.74) is 9.47. The van der Waals surface area contributed by atoms with Crippen molar-refractivity contribution in [3.63, 3.8) is 0 Å². The lowest BCUT2D eigenvalue weighted by Crippen LogP contribution is -2.57. The van der Waals surface area contributed by atoms with E-state index in [1.165, 1.54) is 24.1 Å². The topological polar surface area (TPSA) is 32.5 Å². The predicted molar refractivity (Wildman–Crippen MR) is 88.5 cm³/mol. The van der Waals surface area contributed by atoms with Crippen LogP contribution in [0.15, 0.2) is 24.3 Å². The predicted octanol–water partition coefficient (Wildman–Crippen LogP) is 2.59. The van der Waals surface area contributed by atoms with E-state index in [1.807, 2.05) is 0 Å². The Bertz CT molecular complexity index is 487. The third kappa shape index (κ3) is 2.75. The average molecular weight is 287 g/mol. The van der Waals surface area contributed by atoms with Gasteiger partial charge in [-0.1, -0.05) is 38.1 Å². The van der Waals surface area contributed by atoms with Crippen molar-refractivity contribution in [3.8, 4) is 0 Å². The molecule has 0 aromatic heterocycles. The van der Waals surface area contributed by atoms with Gasteiger partial charge in [-0.05, 0) is 36.9 Å². The quantitative estimate of drug-likeness (QED) is 0.907. The molecular formula is C18H29N3. The highest BCUT2D eigenvalue weighted by atomic mass is 15.3. The highest BCUT2D eigenvalue weighted by Gasteiger charge is 2.36. The fourth-order valence-electron chi connectivity index (χ4n) is 4.28. The molecule has 0 saturated carbocycles. The van der Waals surface area contributed by atoms with E-state index in [1.54, 1.807) is 0 Å². The maximum absolute atomic E-state index is 6.64. The lowest BCUT2D eigenvalue weighted by Gasteiger charge is -2.47. The third-order valence-electron chi connectivity index (χ3n) is 5.57. The first-order valence-electron chi connectivity index (χ1n) is 8.44. The molecule has 3 nitrogen and oxygen atoms in total. The van der Waals surface area contributed by atoms with Gasteiger partial charge in [0.2, 0.25) is 0 Å². The van der Waals surface area contributed by atoms with Crippen LogP contribution in [0.4, 0.5) is 0 Å². The van der Waals surface area contributed by atoms with Crippen molar-refractivity contribution in [2.45, 2.75) is 51.2 Å². The second-order valence-corrected chi connectivity index (χ2v) is 6.83. The van der Waals surface area contributed by atoms with Crippen molar-refractivity contribution in [1.29, 1.82) is 0 Å². The van der Waals surface area contributed by atoms with Crippen LogP contribution in [-0.2, 0) is 0 Å². The van der Waals surface area contributed by atoms with Crippen molar-refractivity contribution in [2.24, 2.45) is 5.73 Å². The average Bonchev–Trinajstić information content (AvgIpc) is 2.51. The number of rotatable bonds is 2. The fourth-order valence-corrected chi connectivity index (χ4v) is 4.28. The summed E-state index contributed by atoms with van der Waals surface area (Å²) in [5, 5.41) is 0. The Morgan fingerprint density at radius 2 is 1.86 bits per heavy atom. The van der Waals surface area contributed by atoms with Crippen molar-refractivity contribution < 1.29 is 0 Å². The highest BCUT2D eigenvalue weighted by Crippen LogP contribution is 2.38. The van der Waals surface area contributed by atoms with Crippen LogP contribution in [0.1, 0.15) is 50.3 Å². The number of fused-ring (bicyclic) bond motifs is 1. The number of piperazine rings is 1. The molecule has 1 aromatic carbocycles. The molecule has 116 valence electrons. The van der Waals surface area contributed by atoms with Crippen LogP contribution in [0.25, 0.3) is 0 Å². The molecule has 1 fully saturated rings. The van der Waals surface area contributed by atoms with Crippen LogP contribution in [0.3, 0.4) is 0 Å². The minimum Gasteiger partial charge on any atom is -0.323 e. The van der Waals surface area contributed by atoms with Crippen molar-refractivity contribution in [1.82, 2.24) is 9.80 Å². The zero-order valence-corrected chi connectivity index (χ0v) is 13.6. The molecule has 4 unspecified atom stereocenters. The summed E-state index contributed by atoms with van der Waals surface area (Å²) >= 11 is 0. The molecule has 1 saturated heterocycles. The fraction of sp³-hybridized carbons (Fsp3) is 0.667. The summed E-state index contributed by atoms with van der Waals surface area (Å²) in [6.07, 6.45) is 1.19. The second kappa shape index (κ2) is 6.07. The Hall–Kier alpha value is -0.900. The Morgan fingerprint density at radius 1 is 1.14 bits per heavy atom. The highest BCUT2D eigenvalue weighted by molar-refractivity contribution is 5.36. The first kappa shape index (κ1) is 15.0. The normalized spacial score (nSPS) is 34.7. The molecule has 1 aliphatic heterocycles. The smallest absolute Gasteiger partial charge is 0.0456 e.